The molecule has 0 amide bonds. The van der Waals surface area contributed by atoms with E-state index in [1.54, 1.807) is 0 Å². The van der Waals surface area contributed by atoms with Crippen LogP contribution in [0.2, 0.25) is 0 Å². The van der Waals surface area contributed by atoms with Gasteiger partial charge in [-0.15, -0.1) is 0 Å². The summed E-state index contributed by atoms with van der Waals surface area (Å²) in [6.07, 6.45) is 5.48. The van der Waals surface area contributed by atoms with Crippen molar-refractivity contribution in [1.29, 1.82) is 0 Å². The zero-order chi connectivity index (χ0) is 9.80. The van der Waals surface area contributed by atoms with Crippen LogP contribution in [0.15, 0.2) is 30.3 Å². The summed E-state index contributed by atoms with van der Waals surface area (Å²) in [5.74, 6) is 0. The highest BCUT2D eigenvalue weighted by molar-refractivity contribution is 5.21. The van der Waals surface area contributed by atoms with Crippen molar-refractivity contribution in [2.45, 2.75) is 6.04 Å². The molecule has 1 aliphatic heterocycles. The van der Waals surface area contributed by atoms with Crippen LogP contribution >= 0.6 is 0 Å². The first-order valence-electron chi connectivity index (χ1n) is 4.90. The lowest BCUT2D eigenvalue weighted by atomic mass is 10.0. The van der Waals surface area contributed by atoms with E-state index >= 15 is 0 Å². The van der Waals surface area contributed by atoms with E-state index in [2.05, 4.69) is 40.5 Å². The van der Waals surface area contributed by atoms with Gasteiger partial charge in [-0.05, 0) is 5.56 Å². The van der Waals surface area contributed by atoms with Crippen LogP contribution < -0.4 is 5.32 Å². The van der Waals surface area contributed by atoms with Gasteiger partial charge in [0.1, 0.15) is 0 Å². The van der Waals surface area contributed by atoms with Crippen LogP contribution in [0.3, 0.4) is 0 Å². The topological polar surface area (TPSA) is 15.3 Å². The van der Waals surface area contributed by atoms with Gasteiger partial charge in [-0.3, -0.25) is 0 Å². The molecule has 14 heavy (non-hydrogen) atoms. The second-order valence-corrected chi connectivity index (χ2v) is 3.45. The monoisotopic (exact) mass is 186 g/mol. The zero-order valence-corrected chi connectivity index (χ0v) is 8.11. The smallest absolute Gasteiger partial charge is 0.0745 e. The Morgan fingerprint density at radius 1 is 1.36 bits per heavy atom. The molecule has 1 heterocycles. The Balaban J connectivity index is 2.20. The fourth-order valence-electron chi connectivity index (χ4n) is 1.83. The number of piperazine rings is 1. The van der Waals surface area contributed by atoms with Gasteiger partial charge in [0.2, 0.25) is 0 Å². The van der Waals surface area contributed by atoms with Crippen molar-refractivity contribution in [1.82, 2.24) is 10.2 Å². The average molecular weight is 186 g/mol. The van der Waals surface area contributed by atoms with Crippen LogP contribution in [0.5, 0.6) is 0 Å². The number of nitrogens with zero attached hydrogens (tertiary/aromatic N) is 1. The Morgan fingerprint density at radius 3 is 2.86 bits per heavy atom. The zero-order valence-electron chi connectivity index (χ0n) is 8.11. The molecule has 0 spiro atoms. The van der Waals surface area contributed by atoms with Crippen LogP contribution in [-0.2, 0) is 0 Å². The lowest BCUT2D eigenvalue weighted by Gasteiger charge is -2.33. The number of rotatable bonds is 1. The van der Waals surface area contributed by atoms with Gasteiger partial charge in [0.25, 0.3) is 0 Å². The maximum absolute atomic E-state index is 5.48. The third-order valence-electron chi connectivity index (χ3n) is 2.59. The third-order valence-corrected chi connectivity index (χ3v) is 2.59. The molecule has 0 unspecified atom stereocenters. The Kier molecular flexibility index (Phi) is 2.71. The van der Waals surface area contributed by atoms with E-state index in [4.69, 9.17) is 6.42 Å². The fraction of sp³-hybridized carbons (Fsp3) is 0.333. The predicted octanol–water partition coefficient (Wildman–Crippen LogP) is 1.22. The average Bonchev–Trinajstić information content (AvgIpc) is 2.30. The van der Waals surface area contributed by atoms with Crippen LogP contribution in [0.4, 0.5) is 0 Å². The summed E-state index contributed by atoms with van der Waals surface area (Å²) in [6.45, 7) is 2.85. The van der Waals surface area contributed by atoms with Gasteiger partial charge >= 0.3 is 0 Å². The van der Waals surface area contributed by atoms with Crippen molar-refractivity contribution in [2.75, 3.05) is 19.6 Å². The Hall–Kier alpha value is -1.46. The molecule has 72 valence electrons. The van der Waals surface area contributed by atoms with Gasteiger partial charge in [-0.2, -0.15) is 0 Å². The van der Waals surface area contributed by atoms with E-state index < -0.39 is 0 Å². The summed E-state index contributed by atoms with van der Waals surface area (Å²) in [6, 6.07) is 13.5. The van der Waals surface area contributed by atoms with E-state index in [-0.39, 0.29) is 0 Å². The fourth-order valence-corrected chi connectivity index (χ4v) is 1.83. The second kappa shape index (κ2) is 4.17. The van der Waals surface area contributed by atoms with Gasteiger partial charge in [0, 0.05) is 25.7 Å². The minimum Gasteiger partial charge on any atom is -0.323 e. The van der Waals surface area contributed by atoms with Crippen LogP contribution in [0.25, 0.3) is 0 Å². The number of hydrogen-bond acceptors (Lipinski definition) is 2. The maximum Gasteiger partial charge on any atom is 0.0745 e. The van der Waals surface area contributed by atoms with Crippen molar-refractivity contribution in [3.05, 3.63) is 35.9 Å². The highest BCUT2D eigenvalue weighted by Crippen LogP contribution is 2.20. The van der Waals surface area contributed by atoms with E-state index in [0.29, 0.717) is 6.04 Å². The second-order valence-electron chi connectivity index (χ2n) is 3.45. The molecule has 2 heteroatoms. The maximum atomic E-state index is 5.48. The largest absolute Gasteiger partial charge is 0.323 e. The molecule has 1 aromatic carbocycles. The van der Waals surface area contributed by atoms with E-state index in [0.717, 1.165) is 19.6 Å². The standard InChI is InChI=1S/C12H14N2/c1-2-14-9-8-13-10-12(14)11-6-4-3-5-7-11/h1,3-7,12-13H,8-10H2/t12-/m1/s1. The van der Waals surface area contributed by atoms with E-state index in [1.165, 1.54) is 5.56 Å². The van der Waals surface area contributed by atoms with Gasteiger partial charge in [-0.25, -0.2) is 0 Å². The Labute approximate surface area is 84.9 Å². The van der Waals surface area contributed by atoms with Crippen LogP contribution in [0.1, 0.15) is 11.6 Å². The first-order chi connectivity index (χ1) is 6.92. The molecule has 1 saturated heterocycles. The molecule has 0 bridgehead atoms. The number of benzene rings is 1. The quantitative estimate of drug-likeness (QED) is 0.663. The van der Waals surface area contributed by atoms with E-state index in [1.807, 2.05) is 6.07 Å². The molecule has 0 saturated carbocycles. The minimum atomic E-state index is 0.329. The number of nitrogens with one attached hydrogen (secondary N) is 1. The van der Waals surface area contributed by atoms with Gasteiger partial charge < -0.3 is 10.2 Å². The normalized spacial score (nSPS) is 21.6. The van der Waals surface area contributed by atoms with Crippen molar-refractivity contribution in [2.24, 2.45) is 0 Å². The summed E-state index contributed by atoms with van der Waals surface area (Å²) in [4.78, 5) is 2.06. The highest BCUT2D eigenvalue weighted by Gasteiger charge is 2.20. The summed E-state index contributed by atoms with van der Waals surface area (Å²) in [5, 5.41) is 3.36. The van der Waals surface area contributed by atoms with Gasteiger partial charge in [0.15, 0.2) is 0 Å². The molecular formula is C12H14N2. The predicted molar refractivity (Wildman–Crippen MR) is 57.6 cm³/mol. The molecule has 2 rings (SSSR count). The summed E-state index contributed by atoms with van der Waals surface area (Å²) in [7, 11) is 0. The van der Waals surface area contributed by atoms with Crippen LogP contribution in [-0.4, -0.2) is 24.5 Å². The van der Waals surface area contributed by atoms with Crippen molar-refractivity contribution in [3.8, 4) is 12.5 Å². The molecule has 1 aromatic rings. The highest BCUT2D eigenvalue weighted by atomic mass is 15.2. The third kappa shape index (κ3) is 1.73. The molecule has 1 atom stereocenters. The molecule has 0 radical (unpaired) electrons. The SMILES string of the molecule is C#CN1CCNC[C@@H]1c1ccccc1. The van der Waals surface area contributed by atoms with Crippen molar-refractivity contribution in [3.63, 3.8) is 0 Å². The first-order valence-corrected chi connectivity index (χ1v) is 4.90. The van der Waals surface area contributed by atoms with Gasteiger partial charge in [0.05, 0.1) is 6.04 Å². The minimum absolute atomic E-state index is 0.329. The van der Waals surface area contributed by atoms with Gasteiger partial charge in [-0.1, -0.05) is 36.8 Å². The Bertz CT molecular complexity index is 326. The van der Waals surface area contributed by atoms with Crippen LogP contribution in [0, 0.1) is 12.5 Å². The lowest BCUT2D eigenvalue weighted by molar-refractivity contribution is 0.247. The first kappa shape index (κ1) is 9.11. The summed E-state index contributed by atoms with van der Waals surface area (Å²) in [5.41, 5.74) is 1.29. The molecule has 1 N–H and O–H groups in total. The molecule has 2 nitrogen and oxygen atoms in total. The Morgan fingerprint density at radius 2 is 2.14 bits per heavy atom. The number of hydrogen-bond donors (Lipinski definition) is 1. The summed E-state index contributed by atoms with van der Waals surface area (Å²) < 4.78 is 0. The molecular weight excluding hydrogens is 172 g/mol. The van der Waals surface area contributed by atoms with Crippen molar-refractivity contribution < 1.29 is 0 Å². The molecule has 0 aromatic heterocycles. The number of terminal acetylenes is 1. The molecule has 1 fully saturated rings. The van der Waals surface area contributed by atoms with E-state index in [9.17, 15) is 0 Å². The van der Waals surface area contributed by atoms with Crippen molar-refractivity contribution >= 4 is 0 Å². The lowest BCUT2D eigenvalue weighted by Crippen LogP contribution is -2.43. The molecule has 1 aliphatic rings. The molecule has 0 aliphatic carbocycles. The summed E-state index contributed by atoms with van der Waals surface area (Å²) >= 11 is 0.